The van der Waals surface area contributed by atoms with Gasteiger partial charge in [-0.25, -0.2) is 4.98 Å². The number of amides is 3. The maximum absolute atomic E-state index is 13.0. The molecule has 38 heavy (non-hydrogen) atoms. The molecule has 2 aromatic heterocycles. The van der Waals surface area contributed by atoms with E-state index in [1.165, 1.54) is 26.0 Å². The van der Waals surface area contributed by atoms with E-state index in [2.05, 4.69) is 31.1 Å². The number of benzene rings is 3. The molecule has 0 unspecified atom stereocenters. The van der Waals surface area contributed by atoms with Gasteiger partial charge in [0.25, 0.3) is 5.91 Å². The highest BCUT2D eigenvalue weighted by Crippen LogP contribution is 2.33. The fourth-order valence-corrected chi connectivity index (χ4v) is 4.08. The summed E-state index contributed by atoms with van der Waals surface area (Å²) in [6.45, 7) is 2.72. The van der Waals surface area contributed by atoms with Gasteiger partial charge in [0, 0.05) is 53.3 Å². The quantitative estimate of drug-likeness (QED) is 0.222. The first-order valence-electron chi connectivity index (χ1n) is 11.5. The van der Waals surface area contributed by atoms with Crippen molar-refractivity contribution in [2.45, 2.75) is 13.8 Å². The lowest BCUT2D eigenvalue weighted by atomic mass is 10.1. The Hall–Kier alpha value is -4.96. The van der Waals surface area contributed by atoms with Gasteiger partial charge in [0.2, 0.25) is 17.7 Å². The van der Waals surface area contributed by atoms with Crippen LogP contribution in [0.15, 0.2) is 71.3 Å². The maximum atomic E-state index is 13.0. The average molecular weight is 529 g/mol. The van der Waals surface area contributed by atoms with Crippen LogP contribution in [0.3, 0.4) is 0 Å². The van der Waals surface area contributed by atoms with Crippen LogP contribution in [-0.2, 0) is 9.59 Å². The number of nitrogens with zero attached hydrogens (tertiary/aromatic N) is 2. The number of fused-ring (bicyclic) bond motifs is 1. The van der Waals surface area contributed by atoms with E-state index in [0.29, 0.717) is 50.3 Å². The van der Waals surface area contributed by atoms with E-state index in [4.69, 9.17) is 16.0 Å². The van der Waals surface area contributed by atoms with Crippen molar-refractivity contribution in [1.82, 2.24) is 15.2 Å². The number of anilines is 3. The number of hydrogen-bond donors (Lipinski definition) is 4. The van der Waals surface area contributed by atoms with Crippen molar-refractivity contribution >= 4 is 57.5 Å². The molecule has 3 amide bonds. The van der Waals surface area contributed by atoms with Gasteiger partial charge in [-0.2, -0.15) is 5.10 Å². The second kappa shape index (κ2) is 10.2. The molecule has 10 nitrogen and oxygen atoms in total. The number of aromatic nitrogens is 3. The summed E-state index contributed by atoms with van der Waals surface area (Å²) in [6, 6.07) is 17.0. The molecule has 4 N–H and O–H groups in total. The molecule has 5 aromatic rings. The molecule has 0 aliphatic carbocycles. The number of nitrogens with one attached hydrogen (secondary N) is 4. The predicted octanol–water partition coefficient (Wildman–Crippen LogP) is 5.71. The summed E-state index contributed by atoms with van der Waals surface area (Å²) in [6.07, 6.45) is 1.70. The van der Waals surface area contributed by atoms with Crippen molar-refractivity contribution in [1.29, 1.82) is 0 Å². The van der Waals surface area contributed by atoms with Gasteiger partial charge >= 0.3 is 0 Å². The number of hydrogen-bond acceptors (Lipinski definition) is 6. The summed E-state index contributed by atoms with van der Waals surface area (Å²) >= 11 is 6.06. The lowest BCUT2D eigenvalue weighted by Gasteiger charge is -2.11. The third kappa shape index (κ3) is 5.40. The summed E-state index contributed by atoms with van der Waals surface area (Å²) in [4.78, 5) is 40.5. The highest BCUT2D eigenvalue weighted by molar-refractivity contribution is 6.31. The third-order valence-electron chi connectivity index (χ3n) is 5.47. The average Bonchev–Trinajstić information content (AvgIpc) is 3.50. The van der Waals surface area contributed by atoms with Crippen molar-refractivity contribution < 1.29 is 18.8 Å². The first kappa shape index (κ1) is 24.7. The van der Waals surface area contributed by atoms with E-state index >= 15 is 0 Å². The van der Waals surface area contributed by atoms with E-state index in [9.17, 15) is 14.4 Å². The third-order valence-corrected chi connectivity index (χ3v) is 5.71. The Bertz CT molecular complexity index is 1660. The number of halogens is 1. The van der Waals surface area contributed by atoms with Crippen molar-refractivity contribution in [2.75, 3.05) is 16.0 Å². The number of carbonyl (C=O) groups is 3. The standard InChI is InChI=1S/C27H21ClN6O4/c1-14(35)30-20-9-17(10-21(12-20)31-15(2)36)26(37)32-19-6-3-16(4-7-19)25-22(13-29-34-25)27-33-23-11-18(28)5-8-24(23)38-27/h3-13H,1-2H3,(H,29,34)(H,30,35)(H,31,36)(H,32,37). The van der Waals surface area contributed by atoms with Crippen LogP contribution in [0.2, 0.25) is 5.02 Å². The zero-order valence-corrected chi connectivity index (χ0v) is 21.0. The molecule has 5 rings (SSSR count). The second-order valence-corrected chi connectivity index (χ2v) is 8.91. The number of rotatable bonds is 6. The van der Waals surface area contributed by atoms with E-state index in [-0.39, 0.29) is 17.4 Å². The van der Waals surface area contributed by atoms with Crippen molar-refractivity contribution in [2.24, 2.45) is 0 Å². The van der Waals surface area contributed by atoms with E-state index in [0.717, 1.165) is 5.56 Å². The molecule has 190 valence electrons. The largest absolute Gasteiger partial charge is 0.436 e. The molecule has 0 atom stereocenters. The summed E-state index contributed by atoms with van der Waals surface area (Å²) in [5, 5.41) is 15.9. The van der Waals surface area contributed by atoms with Crippen LogP contribution in [0.4, 0.5) is 17.1 Å². The number of carbonyl (C=O) groups excluding carboxylic acids is 3. The van der Waals surface area contributed by atoms with Crippen molar-refractivity contribution in [3.63, 3.8) is 0 Å². The first-order valence-corrected chi connectivity index (χ1v) is 11.9. The molecule has 0 aliphatic heterocycles. The van der Waals surface area contributed by atoms with Crippen molar-refractivity contribution in [3.8, 4) is 22.7 Å². The smallest absolute Gasteiger partial charge is 0.255 e. The molecular weight excluding hydrogens is 508 g/mol. The molecule has 0 fully saturated rings. The zero-order valence-electron chi connectivity index (χ0n) is 20.3. The Kier molecular flexibility index (Phi) is 6.63. The van der Waals surface area contributed by atoms with Crippen LogP contribution < -0.4 is 16.0 Å². The van der Waals surface area contributed by atoms with Crippen molar-refractivity contribution in [3.05, 3.63) is 77.4 Å². The predicted molar refractivity (Wildman–Crippen MR) is 145 cm³/mol. The molecule has 0 bridgehead atoms. The highest BCUT2D eigenvalue weighted by Gasteiger charge is 2.17. The molecule has 0 saturated carbocycles. The SMILES string of the molecule is CC(=O)Nc1cc(NC(C)=O)cc(C(=O)Nc2ccc(-c3n[nH]cc3-c3nc4cc(Cl)ccc4o3)cc2)c1. The second-order valence-electron chi connectivity index (χ2n) is 8.47. The Labute approximate surface area is 221 Å². The Morgan fingerprint density at radius 3 is 2.18 bits per heavy atom. The van der Waals surface area contributed by atoms with Crippen LogP contribution in [0.1, 0.15) is 24.2 Å². The topological polar surface area (TPSA) is 142 Å². The van der Waals surface area contributed by atoms with Crippen LogP contribution >= 0.6 is 11.6 Å². The fourth-order valence-electron chi connectivity index (χ4n) is 3.91. The summed E-state index contributed by atoms with van der Waals surface area (Å²) in [7, 11) is 0. The van der Waals surface area contributed by atoms with Crippen LogP contribution in [0.25, 0.3) is 33.8 Å². The van der Waals surface area contributed by atoms with Crippen LogP contribution in [-0.4, -0.2) is 32.9 Å². The molecule has 0 aliphatic rings. The van der Waals surface area contributed by atoms with E-state index < -0.39 is 5.91 Å². The lowest BCUT2D eigenvalue weighted by molar-refractivity contribution is -0.115. The molecule has 11 heteroatoms. The van der Waals surface area contributed by atoms with Gasteiger partial charge in [0.05, 0.1) is 5.56 Å². The normalized spacial score (nSPS) is 10.8. The fraction of sp³-hybridized carbons (Fsp3) is 0.0741. The van der Waals surface area contributed by atoms with Gasteiger partial charge in [-0.3, -0.25) is 19.5 Å². The van der Waals surface area contributed by atoms with Gasteiger partial charge in [0.1, 0.15) is 11.2 Å². The van der Waals surface area contributed by atoms with E-state index in [1.807, 2.05) is 12.1 Å². The van der Waals surface area contributed by atoms with Gasteiger partial charge in [-0.1, -0.05) is 23.7 Å². The maximum Gasteiger partial charge on any atom is 0.255 e. The molecule has 2 heterocycles. The minimum atomic E-state index is -0.415. The molecular formula is C27H21ClN6O4. The summed E-state index contributed by atoms with van der Waals surface area (Å²) in [5.74, 6) is -0.614. The Balaban J connectivity index is 1.37. The molecule has 0 saturated heterocycles. The zero-order chi connectivity index (χ0) is 26.8. The Morgan fingerprint density at radius 2 is 1.53 bits per heavy atom. The van der Waals surface area contributed by atoms with Crippen LogP contribution in [0, 0.1) is 0 Å². The van der Waals surface area contributed by atoms with Gasteiger partial charge < -0.3 is 20.4 Å². The Morgan fingerprint density at radius 1 is 0.842 bits per heavy atom. The number of H-pyrrole nitrogens is 1. The molecule has 3 aromatic carbocycles. The minimum absolute atomic E-state index is 0.259. The summed E-state index contributed by atoms with van der Waals surface area (Å²) in [5.41, 5.74) is 4.90. The number of aromatic amines is 1. The molecule has 0 radical (unpaired) electrons. The number of oxazole rings is 1. The lowest BCUT2D eigenvalue weighted by Crippen LogP contribution is -2.15. The van der Waals surface area contributed by atoms with E-state index in [1.54, 1.807) is 42.6 Å². The first-order chi connectivity index (χ1) is 18.2. The molecule has 0 spiro atoms. The van der Waals surface area contributed by atoms with Gasteiger partial charge in [-0.05, 0) is 48.5 Å². The van der Waals surface area contributed by atoms with Gasteiger partial charge in [-0.15, -0.1) is 0 Å². The minimum Gasteiger partial charge on any atom is -0.436 e. The summed E-state index contributed by atoms with van der Waals surface area (Å²) < 4.78 is 5.88. The monoisotopic (exact) mass is 528 g/mol. The highest BCUT2D eigenvalue weighted by atomic mass is 35.5. The van der Waals surface area contributed by atoms with Gasteiger partial charge in [0.15, 0.2) is 5.58 Å². The van der Waals surface area contributed by atoms with Crippen LogP contribution in [0.5, 0.6) is 0 Å².